The van der Waals surface area contributed by atoms with Crippen LogP contribution in [0.4, 0.5) is 0 Å². The molecule has 0 unspecified atom stereocenters. The van der Waals surface area contributed by atoms with E-state index in [0.717, 1.165) is 0 Å². The van der Waals surface area contributed by atoms with Crippen LogP contribution in [0.1, 0.15) is 10.4 Å². The predicted molar refractivity (Wildman–Crippen MR) is 62.6 cm³/mol. The minimum absolute atomic E-state index is 0.186. The zero-order valence-corrected chi connectivity index (χ0v) is 10.4. The number of amides is 1. The number of rotatable bonds is 1. The molecule has 0 fully saturated rings. The Bertz CT molecular complexity index is 354. The van der Waals surface area contributed by atoms with Crippen molar-refractivity contribution in [2.24, 2.45) is 0 Å². The molecule has 13 heavy (non-hydrogen) atoms. The summed E-state index contributed by atoms with van der Waals surface area (Å²) in [5.74, 6) is -0.186. The fourth-order valence-electron chi connectivity index (χ4n) is 0.856. The van der Waals surface area contributed by atoms with E-state index >= 15 is 0 Å². The fraction of sp³-hybridized carbons (Fsp3) is 0.125. The fourth-order valence-corrected chi connectivity index (χ4v) is 1.91. The number of carbonyl (C=O) groups is 1. The summed E-state index contributed by atoms with van der Waals surface area (Å²) in [4.78, 5) is 11.3. The van der Waals surface area contributed by atoms with Gasteiger partial charge in [-0.3, -0.25) is 4.79 Å². The van der Waals surface area contributed by atoms with Crippen molar-refractivity contribution in [3.05, 3.63) is 31.3 Å². The summed E-state index contributed by atoms with van der Waals surface area (Å²) < 4.78 is 0.711. The average molecular weight is 330 g/mol. The van der Waals surface area contributed by atoms with Gasteiger partial charge in [0.25, 0.3) is 5.91 Å². The second-order valence-corrected chi connectivity index (χ2v) is 4.25. The smallest absolute Gasteiger partial charge is 0.252 e. The van der Waals surface area contributed by atoms with Gasteiger partial charge in [-0.1, -0.05) is 23.2 Å². The first kappa shape index (κ1) is 11.1. The van der Waals surface area contributed by atoms with Gasteiger partial charge in [-0.05, 0) is 34.7 Å². The Labute approximate surface area is 99.7 Å². The first-order valence-electron chi connectivity index (χ1n) is 3.43. The first-order valence-corrected chi connectivity index (χ1v) is 5.26. The van der Waals surface area contributed by atoms with Crippen LogP contribution in [-0.4, -0.2) is 13.0 Å². The number of benzene rings is 1. The summed E-state index contributed by atoms with van der Waals surface area (Å²) in [5.41, 5.74) is 0.501. The molecule has 0 heterocycles. The number of hydrogen-bond donors (Lipinski definition) is 1. The zero-order valence-electron chi connectivity index (χ0n) is 6.70. The molecule has 1 N–H and O–H groups in total. The van der Waals surface area contributed by atoms with Crippen LogP contribution in [0.25, 0.3) is 0 Å². The van der Waals surface area contributed by atoms with Gasteiger partial charge in [-0.2, -0.15) is 0 Å². The second-order valence-electron chi connectivity index (χ2n) is 2.33. The molecule has 2 nitrogen and oxygen atoms in total. The summed E-state index contributed by atoms with van der Waals surface area (Å²) in [6.07, 6.45) is 0. The third kappa shape index (κ3) is 2.48. The van der Waals surface area contributed by atoms with E-state index in [0.29, 0.717) is 19.2 Å². The molecule has 0 aliphatic rings. The summed E-state index contributed by atoms with van der Waals surface area (Å²) in [5, 5.41) is 3.47. The summed E-state index contributed by atoms with van der Waals surface area (Å²) in [6.45, 7) is 0. The van der Waals surface area contributed by atoms with Crippen molar-refractivity contribution in [2.45, 2.75) is 0 Å². The Hall–Kier alpha value is -0.000000000000000111. The highest BCUT2D eigenvalue weighted by molar-refractivity contribution is 14.1. The third-order valence-electron chi connectivity index (χ3n) is 1.46. The van der Waals surface area contributed by atoms with E-state index in [1.165, 1.54) is 0 Å². The topological polar surface area (TPSA) is 29.1 Å². The molecule has 0 saturated carbocycles. The van der Waals surface area contributed by atoms with E-state index in [1.807, 2.05) is 22.6 Å². The molecule has 0 radical (unpaired) electrons. The Balaban J connectivity index is 3.28. The van der Waals surface area contributed by atoms with Crippen molar-refractivity contribution in [2.75, 3.05) is 7.05 Å². The lowest BCUT2D eigenvalue weighted by Crippen LogP contribution is -2.19. The van der Waals surface area contributed by atoms with Crippen LogP contribution in [0.3, 0.4) is 0 Å². The lowest BCUT2D eigenvalue weighted by Gasteiger charge is -2.05. The molecular weight excluding hydrogens is 324 g/mol. The van der Waals surface area contributed by atoms with E-state index < -0.39 is 0 Å². The molecule has 1 aromatic rings. The van der Waals surface area contributed by atoms with Gasteiger partial charge in [0, 0.05) is 15.6 Å². The molecule has 1 amide bonds. The van der Waals surface area contributed by atoms with E-state index in [4.69, 9.17) is 23.2 Å². The highest BCUT2D eigenvalue weighted by atomic mass is 127. The number of nitrogens with one attached hydrogen (secondary N) is 1. The van der Waals surface area contributed by atoms with Crippen LogP contribution in [0.15, 0.2) is 12.1 Å². The van der Waals surface area contributed by atoms with Crippen LogP contribution in [0.5, 0.6) is 0 Å². The quantitative estimate of drug-likeness (QED) is 0.623. The largest absolute Gasteiger partial charge is 0.355 e. The van der Waals surface area contributed by atoms with Crippen molar-refractivity contribution in [1.29, 1.82) is 0 Å². The maximum Gasteiger partial charge on any atom is 0.252 e. The molecule has 0 aliphatic carbocycles. The molecule has 0 bridgehead atoms. The van der Waals surface area contributed by atoms with Crippen molar-refractivity contribution < 1.29 is 4.79 Å². The molecule has 0 spiro atoms. The van der Waals surface area contributed by atoms with Gasteiger partial charge in [0.1, 0.15) is 0 Å². The van der Waals surface area contributed by atoms with Crippen LogP contribution in [0, 0.1) is 3.57 Å². The van der Waals surface area contributed by atoms with Gasteiger partial charge in [0.05, 0.1) is 10.6 Å². The molecule has 0 aliphatic heterocycles. The summed E-state index contributed by atoms with van der Waals surface area (Å²) >= 11 is 13.6. The molecule has 0 saturated heterocycles. The highest BCUT2D eigenvalue weighted by Crippen LogP contribution is 2.26. The molecule has 1 aromatic carbocycles. The van der Waals surface area contributed by atoms with Crippen LogP contribution < -0.4 is 5.32 Å². The van der Waals surface area contributed by atoms with E-state index in [2.05, 4.69) is 5.32 Å². The Morgan fingerprint density at radius 3 is 2.62 bits per heavy atom. The normalized spacial score (nSPS) is 9.85. The van der Waals surface area contributed by atoms with E-state index in [-0.39, 0.29) is 5.91 Å². The van der Waals surface area contributed by atoms with Gasteiger partial charge < -0.3 is 5.32 Å². The minimum atomic E-state index is -0.186. The maximum absolute atomic E-state index is 11.3. The van der Waals surface area contributed by atoms with Gasteiger partial charge in [0.2, 0.25) is 0 Å². The van der Waals surface area contributed by atoms with Gasteiger partial charge >= 0.3 is 0 Å². The summed E-state index contributed by atoms with van der Waals surface area (Å²) in [7, 11) is 1.56. The average Bonchev–Trinajstić information content (AvgIpc) is 2.10. The van der Waals surface area contributed by atoms with Gasteiger partial charge in [-0.15, -0.1) is 0 Å². The Kier molecular flexibility index (Phi) is 3.82. The van der Waals surface area contributed by atoms with Crippen molar-refractivity contribution >= 4 is 51.7 Å². The minimum Gasteiger partial charge on any atom is -0.355 e. The molecule has 0 atom stereocenters. The van der Waals surface area contributed by atoms with Crippen molar-refractivity contribution in [3.8, 4) is 0 Å². The number of hydrogen-bond acceptors (Lipinski definition) is 1. The lowest BCUT2D eigenvalue weighted by molar-refractivity contribution is 0.0962. The van der Waals surface area contributed by atoms with Gasteiger partial charge in [-0.25, -0.2) is 0 Å². The number of halogens is 3. The maximum atomic E-state index is 11.3. The second kappa shape index (κ2) is 4.48. The molecule has 1 rings (SSSR count). The molecule has 0 aromatic heterocycles. The van der Waals surface area contributed by atoms with E-state index in [1.54, 1.807) is 19.2 Å². The molecule has 5 heteroatoms. The van der Waals surface area contributed by atoms with Crippen molar-refractivity contribution in [3.63, 3.8) is 0 Å². The first-order chi connectivity index (χ1) is 6.06. The SMILES string of the molecule is CNC(=O)c1cc(Cl)cc(Cl)c1I. The van der Waals surface area contributed by atoms with Crippen LogP contribution in [-0.2, 0) is 0 Å². The third-order valence-corrected chi connectivity index (χ3v) is 3.46. The predicted octanol–water partition coefficient (Wildman–Crippen LogP) is 2.96. The number of carbonyl (C=O) groups excluding carboxylic acids is 1. The Morgan fingerprint density at radius 1 is 1.46 bits per heavy atom. The van der Waals surface area contributed by atoms with Gasteiger partial charge in [0.15, 0.2) is 0 Å². The Morgan fingerprint density at radius 2 is 2.08 bits per heavy atom. The standard InChI is InChI=1S/C8H6Cl2INO/c1-12-8(13)5-2-4(9)3-6(10)7(5)11/h2-3H,1H3,(H,12,13). The van der Waals surface area contributed by atoms with Crippen LogP contribution in [0.2, 0.25) is 10.0 Å². The summed E-state index contributed by atoms with van der Waals surface area (Å²) in [6, 6.07) is 3.20. The zero-order chi connectivity index (χ0) is 10.0. The van der Waals surface area contributed by atoms with E-state index in [9.17, 15) is 4.79 Å². The highest BCUT2D eigenvalue weighted by Gasteiger charge is 2.11. The van der Waals surface area contributed by atoms with Crippen molar-refractivity contribution in [1.82, 2.24) is 5.32 Å². The molecule has 70 valence electrons. The lowest BCUT2D eigenvalue weighted by atomic mass is 10.2. The van der Waals surface area contributed by atoms with Crippen LogP contribution >= 0.6 is 45.8 Å². The monoisotopic (exact) mass is 329 g/mol. The molecular formula is C8H6Cl2INO.